The molecule has 1 atom stereocenters. The summed E-state index contributed by atoms with van der Waals surface area (Å²) >= 11 is 1.45. The lowest BCUT2D eigenvalue weighted by Gasteiger charge is -2.06. The highest BCUT2D eigenvalue weighted by Gasteiger charge is 2.01. The van der Waals surface area contributed by atoms with Crippen LogP contribution < -0.4 is 11.1 Å². The van der Waals surface area contributed by atoms with E-state index in [9.17, 15) is 4.21 Å². The van der Waals surface area contributed by atoms with E-state index >= 15 is 0 Å². The fourth-order valence-electron chi connectivity index (χ4n) is 1.12. The van der Waals surface area contributed by atoms with Gasteiger partial charge in [-0.1, -0.05) is 11.8 Å². The SMILES string of the molecule is CSc1nc(N)cc(NCCCS(C)=O)n1. The van der Waals surface area contributed by atoms with Crippen molar-refractivity contribution in [2.45, 2.75) is 11.6 Å². The van der Waals surface area contributed by atoms with Crippen molar-refractivity contribution in [3.8, 4) is 0 Å². The summed E-state index contributed by atoms with van der Waals surface area (Å²) < 4.78 is 10.8. The van der Waals surface area contributed by atoms with Crippen molar-refractivity contribution in [1.82, 2.24) is 9.97 Å². The highest BCUT2D eigenvalue weighted by Crippen LogP contribution is 2.14. The first-order valence-electron chi connectivity index (χ1n) is 4.84. The molecule has 5 nitrogen and oxygen atoms in total. The average Bonchev–Trinajstić information content (AvgIpc) is 2.23. The topological polar surface area (TPSA) is 80.9 Å². The molecule has 1 unspecified atom stereocenters. The van der Waals surface area contributed by atoms with Crippen molar-refractivity contribution in [1.29, 1.82) is 0 Å². The second kappa shape index (κ2) is 6.70. The molecule has 0 amide bonds. The molecule has 0 saturated heterocycles. The second-order valence-electron chi connectivity index (χ2n) is 3.22. The van der Waals surface area contributed by atoms with Crippen LogP contribution in [0.3, 0.4) is 0 Å². The summed E-state index contributed by atoms with van der Waals surface area (Å²) in [6.45, 7) is 0.740. The van der Waals surface area contributed by atoms with Gasteiger partial charge < -0.3 is 11.1 Å². The molecule has 0 aliphatic rings. The summed E-state index contributed by atoms with van der Waals surface area (Å²) in [5, 5.41) is 3.79. The van der Waals surface area contributed by atoms with E-state index in [1.54, 1.807) is 12.3 Å². The first-order valence-corrected chi connectivity index (χ1v) is 7.79. The van der Waals surface area contributed by atoms with Gasteiger partial charge in [0, 0.05) is 35.4 Å². The van der Waals surface area contributed by atoms with Gasteiger partial charge in [-0.25, -0.2) is 9.97 Å². The van der Waals surface area contributed by atoms with Crippen LogP contribution in [0.2, 0.25) is 0 Å². The highest BCUT2D eigenvalue weighted by molar-refractivity contribution is 7.98. The molecule has 7 heteroatoms. The maximum Gasteiger partial charge on any atom is 0.191 e. The number of nitrogens with one attached hydrogen (secondary N) is 1. The molecule has 1 rings (SSSR count). The molecule has 0 saturated carbocycles. The quantitative estimate of drug-likeness (QED) is 0.450. The van der Waals surface area contributed by atoms with E-state index in [4.69, 9.17) is 5.73 Å². The van der Waals surface area contributed by atoms with Gasteiger partial charge in [0.25, 0.3) is 0 Å². The molecule has 1 heterocycles. The molecule has 0 bridgehead atoms. The lowest BCUT2D eigenvalue weighted by atomic mass is 10.4. The fourth-order valence-corrected chi connectivity index (χ4v) is 2.05. The Morgan fingerprint density at radius 2 is 2.31 bits per heavy atom. The number of anilines is 2. The standard InChI is InChI=1S/C9H16N4OS2/c1-15-9-12-7(10)6-8(13-9)11-4-3-5-16(2)14/h6H,3-5H2,1-2H3,(H3,10,11,12,13). The van der Waals surface area contributed by atoms with Gasteiger partial charge in [-0.15, -0.1) is 0 Å². The van der Waals surface area contributed by atoms with Gasteiger partial charge in [-0.3, -0.25) is 4.21 Å². The molecule has 0 spiro atoms. The van der Waals surface area contributed by atoms with Crippen LogP contribution in [0, 0.1) is 0 Å². The van der Waals surface area contributed by atoms with Gasteiger partial charge in [0.2, 0.25) is 0 Å². The van der Waals surface area contributed by atoms with E-state index in [-0.39, 0.29) is 0 Å². The van der Waals surface area contributed by atoms with Crippen LogP contribution in [0.4, 0.5) is 11.6 Å². The number of aromatic nitrogens is 2. The van der Waals surface area contributed by atoms with Gasteiger partial charge in [0.05, 0.1) is 0 Å². The molecule has 1 aromatic heterocycles. The average molecular weight is 260 g/mol. The molecule has 0 aliphatic carbocycles. The predicted molar refractivity (Wildman–Crippen MR) is 70.3 cm³/mol. The summed E-state index contributed by atoms with van der Waals surface area (Å²) in [6.07, 6.45) is 4.45. The number of hydrogen-bond donors (Lipinski definition) is 2. The number of hydrogen-bond acceptors (Lipinski definition) is 6. The Morgan fingerprint density at radius 1 is 1.56 bits per heavy atom. The molecule has 1 aromatic rings. The first kappa shape index (κ1) is 13.2. The lowest BCUT2D eigenvalue weighted by Crippen LogP contribution is -2.08. The summed E-state index contributed by atoms with van der Waals surface area (Å²) in [7, 11) is -0.735. The third-order valence-corrected chi connectivity index (χ3v) is 3.23. The zero-order valence-corrected chi connectivity index (χ0v) is 11.0. The minimum atomic E-state index is -0.735. The Morgan fingerprint density at radius 3 is 2.94 bits per heavy atom. The fraction of sp³-hybridized carbons (Fsp3) is 0.556. The van der Waals surface area contributed by atoms with Gasteiger partial charge in [0.15, 0.2) is 5.16 Å². The van der Waals surface area contributed by atoms with Crippen LogP contribution in [-0.4, -0.2) is 39.0 Å². The summed E-state index contributed by atoms with van der Waals surface area (Å²) in [6, 6.07) is 1.70. The zero-order valence-electron chi connectivity index (χ0n) is 9.40. The van der Waals surface area contributed by atoms with Gasteiger partial charge >= 0.3 is 0 Å². The van der Waals surface area contributed by atoms with Crippen LogP contribution in [-0.2, 0) is 10.8 Å². The Balaban J connectivity index is 2.47. The highest BCUT2D eigenvalue weighted by atomic mass is 32.2. The second-order valence-corrected chi connectivity index (χ2v) is 5.55. The smallest absolute Gasteiger partial charge is 0.191 e. The maximum absolute atomic E-state index is 10.8. The first-order chi connectivity index (χ1) is 7.61. The Bertz CT molecular complexity index is 373. The van der Waals surface area contributed by atoms with E-state index in [1.165, 1.54) is 11.8 Å². The third kappa shape index (κ3) is 4.80. The Labute approximate surface area is 102 Å². The Hall–Kier alpha value is -0.820. The van der Waals surface area contributed by atoms with Crippen molar-refractivity contribution in [2.75, 3.05) is 35.9 Å². The number of nitrogens with zero attached hydrogens (tertiary/aromatic N) is 2. The molecule has 0 fully saturated rings. The van der Waals surface area contributed by atoms with Crippen LogP contribution in [0.15, 0.2) is 11.2 Å². The van der Waals surface area contributed by atoms with Crippen molar-refractivity contribution in [3.05, 3.63) is 6.07 Å². The van der Waals surface area contributed by atoms with Gasteiger partial charge in [0.1, 0.15) is 11.6 Å². The van der Waals surface area contributed by atoms with Crippen LogP contribution in [0.5, 0.6) is 0 Å². The van der Waals surface area contributed by atoms with E-state index in [2.05, 4.69) is 15.3 Å². The van der Waals surface area contributed by atoms with E-state index in [0.717, 1.165) is 18.8 Å². The largest absolute Gasteiger partial charge is 0.383 e. The molecule has 0 aliphatic heterocycles. The molecule has 3 N–H and O–H groups in total. The van der Waals surface area contributed by atoms with Gasteiger partial charge in [-0.2, -0.15) is 0 Å². The number of nitrogens with two attached hydrogens (primary N) is 1. The van der Waals surface area contributed by atoms with Gasteiger partial charge in [-0.05, 0) is 12.7 Å². The van der Waals surface area contributed by atoms with Crippen LogP contribution >= 0.6 is 11.8 Å². The van der Waals surface area contributed by atoms with E-state index < -0.39 is 10.8 Å². The molecule has 16 heavy (non-hydrogen) atoms. The molecule has 0 radical (unpaired) electrons. The summed E-state index contributed by atoms with van der Waals surface area (Å²) in [4.78, 5) is 8.30. The number of nitrogen functional groups attached to an aromatic ring is 1. The molecule has 0 aromatic carbocycles. The molecular weight excluding hydrogens is 244 g/mol. The minimum absolute atomic E-state index is 0.459. The van der Waals surface area contributed by atoms with E-state index in [0.29, 0.717) is 16.7 Å². The Kier molecular flexibility index (Phi) is 5.54. The van der Waals surface area contributed by atoms with Crippen molar-refractivity contribution in [3.63, 3.8) is 0 Å². The van der Waals surface area contributed by atoms with Crippen LogP contribution in [0.1, 0.15) is 6.42 Å². The lowest BCUT2D eigenvalue weighted by molar-refractivity contribution is 0.685. The molecular formula is C9H16N4OS2. The molecule has 90 valence electrons. The van der Waals surface area contributed by atoms with E-state index in [1.807, 2.05) is 6.26 Å². The monoisotopic (exact) mass is 260 g/mol. The van der Waals surface area contributed by atoms with Crippen LogP contribution in [0.25, 0.3) is 0 Å². The zero-order chi connectivity index (χ0) is 12.0. The normalized spacial score (nSPS) is 12.4. The number of thioether (sulfide) groups is 1. The maximum atomic E-state index is 10.8. The van der Waals surface area contributed by atoms with Crippen molar-refractivity contribution < 1.29 is 4.21 Å². The number of rotatable bonds is 6. The van der Waals surface area contributed by atoms with Crippen molar-refractivity contribution >= 4 is 34.2 Å². The summed E-state index contributed by atoms with van der Waals surface area (Å²) in [5.41, 5.74) is 5.63. The third-order valence-electron chi connectivity index (χ3n) is 1.82. The predicted octanol–water partition coefficient (Wildman–Crippen LogP) is 0.961. The summed E-state index contributed by atoms with van der Waals surface area (Å²) in [5.74, 6) is 1.88. The minimum Gasteiger partial charge on any atom is -0.383 e. The van der Waals surface area contributed by atoms with Crippen molar-refractivity contribution in [2.24, 2.45) is 0 Å².